The van der Waals surface area contributed by atoms with Crippen molar-refractivity contribution in [2.45, 2.75) is 54.0 Å². The molecule has 2 heterocycles. The Morgan fingerprint density at radius 3 is 2.50 bits per heavy atom. The number of nitrogens with zero attached hydrogens (tertiary/aromatic N) is 5. The predicted molar refractivity (Wildman–Crippen MR) is 128 cm³/mol. The lowest BCUT2D eigenvalue weighted by Crippen LogP contribution is -2.47. The van der Waals surface area contributed by atoms with Crippen LogP contribution < -0.4 is 4.90 Å². The van der Waals surface area contributed by atoms with E-state index in [4.69, 9.17) is 5.10 Å². The zero-order valence-corrected chi connectivity index (χ0v) is 20.3. The van der Waals surface area contributed by atoms with Gasteiger partial charge in [0.15, 0.2) is 0 Å². The molecule has 0 N–H and O–H groups in total. The van der Waals surface area contributed by atoms with Crippen LogP contribution in [0.4, 0.5) is 10.2 Å². The first kappa shape index (κ1) is 24.2. The second kappa shape index (κ2) is 10.9. The number of rotatable bonds is 9. The number of aryl methyl sites for hydroxylation is 1. The fourth-order valence-corrected chi connectivity index (χ4v) is 4.35. The SMILES string of the molecule is CCCN(Cc1c(C)nn(-c2cccc(F)c2)c1N1CCN(CC)CC1)C(=O)CC(C)C. The maximum absolute atomic E-state index is 14.1. The van der Waals surface area contributed by atoms with Gasteiger partial charge >= 0.3 is 0 Å². The predicted octanol–water partition coefficient (Wildman–Crippen LogP) is 4.25. The summed E-state index contributed by atoms with van der Waals surface area (Å²) in [4.78, 5) is 19.7. The molecule has 0 saturated carbocycles. The molecule has 0 bridgehead atoms. The monoisotopic (exact) mass is 443 g/mol. The molecule has 3 rings (SSSR count). The highest BCUT2D eigenvalue weighted by Gasteiger charge is 2.27. The molecule has 1 aliphatic heterocycles. The van der Waals surface area contributed by atoms with Gasteiger partial charge in [-0.25, -0.2) is 9.07 Å². The van der Waals surface area contributed by atoms with E-state index in [0.29, 0.717) is 24.6 Å². The van der Waals surface area contributed by atoms with Gasteiger partial charge in [0.1, 0.15) is 11.6 Å². The molecule has 176 valence electrons. The molecule has 0 spiro atoms. The fraction of sp³-hybridized carbons (Fsp3) is 0.600. The first-order chi connectivity index (χ1) is 15.3. The van der Waals surface area contributed by atoms with Crippen molar-refractivity contribution in [3.05, 3.63) is 41.3 Å². The summed E-state index contributed by atoms with van der Waals surface area (Å²) in [6, 6.07) is 6.58. The number of benzene rings is 1. The maximum atomic E-state index is 14.1. The zero-order valence-electron chi connectivity index (χ0n) is 20.3. The van der Waals surface area contributed by atoms with Gasteiger partial charge in [0.05, 0.1) is 17.9 Å². The van der Waals surface area contributed by atoms with Crippen molar-refractivity contribution >= 4 is 11.7 Å². The summed E-state index contributed by atoms with van der Waals surface area (Å²) in [5.74, 6) is 1.21. The highest BCUT2D eigenvalue weighted by molar-refractivity contribution is 5.76. The third kappa shape index (κ3) is 5.68. The van der Waals surface area contributed by atoms with Crippen LogP contribution in [0.2, 0.25) is 0 Å². The van der Waals surface area contributed by atoms with Crippen LogP contribution in [0.25, 0.3) is 5.69 Å². The van der Waals surface area contributed by atoms with Gasteiger partial charge in [-0.2, -0.15) is 5.10 Å². The minimum absolute atomic E-state index is 0.182. The van der Waals surface area contributed by atoms with Crippen LogP contribution in [0.3, 0.4) is 0 Å². The molecule has 1 amide bonds. The Labute approximate surface area is 192 Å². The lowest BCUT2D eigenvalue weighted by atomic mass is 10.1. The van der Waals surface area contributed by atoms with Gasteiger partial charge in [-0.1, -0.05) is 33.8 Å². The Balaban J connectivity index is 2.01. The van der Waals surface area contributed by atoms with Crippen molar-refractivity contribution in [2.75, 3.05) is 44.2 Å². The molecule has 1 aromatic heterocycles. The molecule has 0 unspecified atom stereocenters. The summed E-state index contributed by atoms with van der Waals surface area (Å²) in [5.41, 5.74) is 2.66. The van der Waals surface area contributed by atoms with Crippen LogP contribution in [0, 0.1) is 18.7 Å². The normalized spacial score (nSPS) is 14.9. The molecule has 7 heteroatoms. The highest BCUT2D eigenvalue weighted by atomic mass is 19.1. The molecular weight excluding hydrogens is 405 g/mol. The fourth-order valence-electron chi connectivity index (χ4n) is 4.35. The largest absolute Gasteiger partial charge is 0.354 e. The van der Waals surface area contributed by atoms with Crippen LogP contribution in [0.5, 0.6) is 0 Å². The van der Waals surface area contributed by atoms with E-state index >= 15 is 0 Å². The average Bonchev–Trinajstić information content (AvgIpc) is 3.09. The van der Waals surface area contributed by atoms with Crippen LogP contribution in [0.1, 0.15) is 51.8 Å². The van der Waals surface area contributed by atoms with E-state index in [0.717, 1.165) is 62.8 Å². The molecule has 32 heavy (non-hydrogen) atoms. The van der Waals surface area contributed by atoms with E-state index in [2.05, 4.69) is 37.5 Å². The lowest BCUT2D eigenvalue weighted by molar-refractivity contribution is -0.132. The Kier molecular flexibility index (Phi) is 8.29. The van der Waals surface area contributed by atoms with Crippen LogP contribution in [-0.4, -0.2) is 64.8 Å². The second-order valence-corrected chi connectivity index (χ2v) is 9.11. The smallest absolute Gasteiger partial charge is 0.223 e. The third-order valence-corrected chi connectivity index (χ3v) is 6.11. The number of piperazine rings is 1. The van der Waals surface area contributed by atoms with Crippen molar-refractivity contribution in [2.24, 2.45) is 5.92 Å². The number of likely N-dealkylation sites (N-methyl/N-ethyl adjacent to an activating group) is 1. The van der Waals surface area contributed by atoms with Gasteiger partial charge in [-0.15, -0.1) is 0 Å². The summed E-state index contributed by atoms with van der Waals surface area (Å²) in [6.07, 6.45) is 1.45. The standard InChI is InChI=1S/C25H38FN5O/c1-6-11-30(24(32)16-19(3)4)18-23-20(5)27-31(22-10-8-9-21(26)17-22)25(23)29-14-12-28(7-2)13-15-29/h8-10,17,19H,6-7,11-16,18H2,1-5H3. The van der Waals surface area contributed by atoms with Gasteiger partial charge in [0, 0.05) is 44.7 Å². The molecule has 1 fully saturated rings. The van der Waals surface area contributed by atoms with Crippen molar-refractivity contribution in [3.8, 4) is 5.69 Å². The molecule has 1 saturated heterocycles. The quantitative estimate of drug-likeness (QED) is 0.581. The van der Waals surface area contributed by atoms with Crippen molar-refractivity contribution < 1.29 is 9.18 Å². The lowest BCUT2D eigenvalue weighted by Gasteiger charge is -2.36. The molecule has 6 nitrogen and oxygen atoms in total. The molecule has 0 aliphatic carbocycles. The second-order valence-electron chi connectivity index (χ2n) is 9.11. The van der Waals surface area contributed by atoms with E-state index in [1.807, 2.05) is 22.6 Å². The van der Waals surface area contributed by atoms with Crippen LogP contribution in [0.15, 0.2) is 24.3 Å². The molecule has 1 aromatic carbocycles. The molecule has 2 aromatic rings. The summed E-state index contributed by atoms with van der Waals surface area (Å²) in [5, 5.41) is 4.83. The Morgan fingerprint density at radius 1 is 1.19 bits per heavy atom. The van der Waals surface area contributed by atoms with E-state index in [1.165, 1.54) is 12.1 Å². The number of anilines is 1. The van der Waals surface area contributed by atoms with Crippen LogP contribution in [-0.2, 0) is 11.3 Å². The van der Waals surface area contributed by atoms with Gasteiger partial charge < -0.3 is 14.7 Å². The Hall–Kier alpha value is -2.41. The number of halogens is 1. The van der Waals surface area contributed by atoms with Gasteiger partial charge in [-0.3, -0.25) is 4.79 Å². The van der Waals surface area contributed by atoms with E-state index < -0.39 is 0 Å². The maximum Gasteiger partial charge on any atom is 0.223 e. The average molecular weight is 444 g/mol. The van der Waals surface area contributed by atoms with E-state index in [9.17, 15) is 9.18 Å². The molecule has 0 atom stereocenters. The number of hydrogen-bond donors (Lipinski definition) is 0. The summed E-state index contributed by atoms with van der Waals surface area (Å²) in [6.45, 7) is 16.5. The minimum atomic E-state index is -0.279. The molecule has 1 aliphatic rings. The number of carbonyl (C=O) groups is 1. The summed E-state index contributed by atoms with van der Waals surface area (Å²) >= 11 is 0. The minimum Gasteiger partial charge on any atom is -0.354 e. The van der Waals surface area contributed by atoms with Gasteiger partial charge in [0.25, 0.3) is 0 Å². The van der Waals surface area contributed by atoms with Crippen molar-refractivity contribution in [1.82, 2.24) is 19.6 Å². The van der Waals surface area contributed by atoms with Gasteiger partial charge in [-0.05, 0) is 44.0 Å². The highest BCUT2D eigenvalue weighted by Crippen LogP contribution is 2.30. The van der Waals surface area contributed by atoms with Crippen LogP contribution >= 0.6 is 0 Å². The van der Waals surface area contributed by atoms with Crippen molar-refractivity contribution in [1.29, 1.82) is 0 Å². The zero-order chi connectivity index (χ0) is 23.3. The third-order valence-electron chi connectivity index (χ3n) is 6.11. The first-order valence-electron chi connectivity index (χ1n) is 11.9. The number of hydrogen-bond acceptors (Lipinski definition) is 4. The molecule has 0 radical (unpaired) electrons. The Morgan fingerprint density at radius 2 is 1.91 bits per heavy atom. The Bertz CT molecular complexity index is 902. The topological polar surface area (TPSA) is 44.6 Å². The number of amides is 1. The van der Waals surface area contributed by atoms with E-state index in [-0.39, 0.29) is 11.7 Å². The molecular formula is C25H38FN5O. The first-order valence-corrected chi connectivity index (χ1v) is 11.9. The van der Waals surface area contributed by atoms with Crippen molar-refractivity contribution in [3.63, 3.8) is 0 Å². The van der Waals surface area contributed by atoms with E-state index in [1.54, 1.807) is 6.07 Å². The summed E-state index contributed by atoms with van der Waals surface area (Å²) < 4.78 is 15.9. The number of carbonyl (C=O) groups excluding carboxylic acids is 1. The van der Waals surface area contributed by atoms with Gasteiger partial charge in [0.2, 0.25) is 5.91 Å². The summed E-state index contributed by atoms with van der Waals surface area (Å²) in [7, 11) is 0. The number of aromatic nitrogens is 2.